The van der Waals surface area contributed by atoms with Gasteiger partial charge in [-0.25, -0.2) is 0 Å². The Hall–Kier alpha value is -1.31. The normalized spacial score (nSPS) is 9.62. The first-order valence-corrected chi connectivity index (χ1v) is 4.59. The summed E-state index contributed by atoms with van der Waals surface area (Å²) >= 11 is 0. The van der Waals surface area contributed by atoms with E-state index in [0.29, 0.717) is 5.56 Å². The summed E-state index contributed by atoms with van der Waals surface area (Å²) in [6, 6.07) is 9.89. The van der Waals surface area contributed by atoms with E-state index in [1.165, 1.54) is 0 Å². The highest BCUT2D eigenvalue weighted by atomic mass is 16.1. The molecular formula is C11H14NO. The predicted molar refractivity (Wildman–Crippen MR) is 52.5 cm³/mol. The Labute approximate surface area is 79.0 Å². The lowest BCUT2D eigenvalue weighted by Gasteiger charge is -2.02. The third-order valence-electron chi connectivity index (χ3n) is 1.80. The number of hydrogen-bond acceptors (Lipinski definition) is 1. The minimum absolute atomic E-state index is 0.00227. The topological polar surface area (TPSA) is 29.1 Å². The Kier molecular flexibility index (Phi) is 4.03. The van der Waals surface area contributed by atoms with Gasteiger partial charge in [0.15, 0.2) is 0 Å². The molecule has 2 heteroatoms. The summed E-state index contributed by atoms with van der Waals surface area (Å²) in [5.74, 6) is 0.00227. The quantitative estimate of drug-likeness (QED) is 0.699. The maximum absolute atomic E-state index is 11.4. The van der Waals surface area contributed by atoms with E-state index in [2.05, 4.69) is 18.3 Å². The molecule has 1 aromatic carbocycles. The second kappa shape index (κ2) is 5.36. The van der Waals surface area contributed by atoms with Crippen LogP contribution in [0.2, 0.25) is 0 Å². The molecule has 0 aliphatic rings. The molecule has 1 radical (unpaired) electrons. The van der Waals surface area contributed by atoms with E-state index in [9.17, 15) is 4.79 Å². The molecule has 13 heavy (non-hydrogen) atoms. The highest BCUT2D eigenvalue weighted by Crippen LogP contribution is 1.97. The summed E-state index contributed by atoms with van der Waals surface area (Å²) in [5, 5.41) is 2.85. The van der Waals surface area contributed by atoms with Crippen LogP contribution in [0.3, 0.4) is 0 Å². The molecule has 1 rings (SSSR count). The molecule has 1 aromatic rings. The number of rotatable bonds is 4. The average Bonchev–Trinajstić information content (AvgIpc) is 2.19. The molecule has 0 unspecified atom stereocenters. The van der Waals surface area contributed by atoms with Crippen molar-refractivity contribution >= 4 is 5.91 Å². The van der Waals surface area contributed by atoms with E-state index < -0.39 is 0 Å². The molecular weight excluding hydrogens is 162 g/mol. The van der Waals surface area contributed by atoms with Crippen molar-refractivity contribution in [3.8, 4) is 0 Å². The van der Waals surface area contributed by atoms with Gasteiger partial charge in [0.25, 0.3) is 5.91 Å². The Balaban J connectivity index is 2.40. The van der Waals surface area contributed by atoms with Crippen LogP contribution >= 0.6 is 0 Å². The second-order valence-corrected chi connectivity index (χ2v) is 2.90. The van der Waals surface area contributed by atoms with Crippen LogP contribution in [-0.4, -0.2) is 12.5 Å². The first kappa shape index (κ1) is 9.78. The molecule has 0 atom stereocenters. The zero-order valence-corrected chi connectivity index (χ0v) is 7.84. The van der Waals surface area contributed by atoms with Crippen molar-refractivity contribution in [3.63, 3.8) is 0 Å². The van der Waals surface area contributed by atoms with Crippen molar-refractivity contribution in [2.24, 2.45) is 0 Å². The van der Waals surface area contributed by atoms with Crippen LogP contribution in [0.25, 0.3) is 0 Å². The first-order chi connectivity index (χ1) is 6.34. The van der Waals surface area contributed by atoms with Crippen molar-refractivity contribution in [1.29, 1.82) is 0 Å². The first-order valence-electron chi connectivity index (χ1n) is 4.59. The number of carbonyl (C=O) groups is 1. The zero-order chi connectivity index (χ0) is 9.52. The third-order valence-corrected chi connectivity index (χ3v) is 1.80. The fraction of sp³-hybridized carbons (Fsp3) is 0.364. The van der Waals surface area contributed by atoms with Gasteiger partial charge in [0.05, 0.1) is 0 Å². The molecule has 0 spiro atoms. The van der Waals surface area contributed by atoms with Crippen LogP contribution in [0.4, 0.5) is 0 Å². The van der Waals surface area contributed by atoms with Gasteiger partial charge < -0.3 is 5.32 Å². The monoisotopic (exact) mass is 176 g/mol. The van der Waals surface area contributed by atoms with Crippen molar-refractivity contribution in [2.45, 2.75) is 19.8 Å². The Morgan fingerprint density at radius 3 is 2.77 bits per heavy atom. The fourth-order valence-electron chi connectivity index (χ4n) is 1.02. The number of nitrogens with one attached hydrogen (secondary N) is 1. The maximum atomic E-state index is 11.4. The summed E-state index contributed by atoms with van der Waals surface area (Å²) in [5.41, 5.74) is 0.704. The van der Waals surface area contributed by atoms with E-state index in [4.69, 9.17) is 0 Å². The maximum Gasteiger partial charge on any atom is 0.251 e. The van der Waals surface area contributed by atoms with Gasteiger partial charge in [-0.05, 0) is 24.6 Å². The molecule has 0 aliphatic carbocycles. The van der Waals surface area contributed by atoms with E-state index in [1.807, 2.05) is 0 Å². The zero-order valence-electron chi connectivity index (χ0n) is 7.84. The Morgan fingerprint density at radius 1 is 1.46 bits per heavy atom. The molecule has 2 nitrogen and oxygen atoms in total. The van der Waals surface area contributed by atoms with Crippen LogP contribution in [0.1, 0.15) is 30.1 Å². The van der Waals surface area contributed by atoms with Gasteiger partial charge in [0, 0.05) is 12.1 Å². The van der Waals surface area contributed by atoms with E-state index >= 15 is 0 Å². The van der Waals surface area contributed by atoms with Gasteiger partial charge in [0.2, 0.25) is 0 Å². The van der Waals surface area contributed by atoms with Crippen LogP contribution in [-0.2, 0) is 0 Å². The highest BCUT2D eigenvalue weighted by Gasteiger charge is 2.01. The summed E-state index contributed by atoms with van der Waals surface area (Å²) < 4.78 is 0. The molecule has 0 saturated carbocycles. The van der Waals surface area contributed by atoms with Gasteiger partial charge in [-0.15, -0.1) is 0 Å². The summed E-state index contributed by atoms with van der Waals surface area (Å²) in [6.45, 7) is 2.86. The lowest BCUT2D eigenvalue weighted by molar-refractivity contribution is 0.0953. The SMILES string of the molecule is CCCCNC(=O)c1cc[c]cc1. The minimum Gasteiger partial charge on any atom is -0.352 e. The van der Waals surface area contributed by atoms with E-state index in [-0.39, 0.29) is 5.91 Å². The van der Waals surface area contributed by atoms with Crippen molar-refractivity contribution in [1.82, 2.24) is 5.32 Å². The van der Waals surface area contributed by atoms with Crippen LogP contribution in [0.5, 0.6) is 0 Å². The van der Waals surface area contributed by atoms with Gasteiger partial charge in [-0.1, -0.05) is 25.5 Å². The lowest BCUT2D eigenvalue weighted by atomic mass is 10.2. The molecule has 0 aliphatic heterocycles. The highest BCUT2D eigenvalue weighted by molar-refractivity contribution is 5.94. The standard InChI is InChI=1S/C11H14NO/c1-2-3-9-12-11(13)10-7-5-4-6-8-10/h5-8H,2-3,9H2,1H3,(H,12,13). The Morgan fingerprint density at radius 2 is 2.15 bits per heavy atom. The van der Waals surface area contributed by atoms with Crippen molar-refractivity contribution in [2.75, 3.05) is 6.54 Å². The van der Waals surface area contributed by atoms with Gasteiger partial charge in [0.1, 0.15) is 0 Å². The lowest BCUT2D eigenvalue weighted by Crippen LogP contribution is -2.24. The van der Waals surface area contributed by atoms with E-state index in [0.717, 1.165) is 19.4 Å². The van der Waals surface area contributed by atoms with E-state index in [1.54, 1.807) is 24.3 Å². The third kappa shape index (κ3) is 3.28. The minimum atomic E-state index is 0.00227. The summed E-state index contributed by atoms with van der Waals surface area (Å²) in [4.78, 5) is 11.4. The average molecular weight is 176 g/mol. The molecule has 69 valence electrons. The van der Waals surface area contributed by atoms with Gasteiger partial charge in [-0.3, -0.25) is 4.79 Å². The molecule has 1 N–H and O–H groups in total. The van der Waals surface area contributed by atoms with Crippen LogP contribution in [0, 0.1) is 6.07 Å². The predicted octanol–water partition coefficient (Wildman–Crippen LogP) is 2.02. The number of carbonyl (C=O) groups excluding carboxylic acids is 1. The largest absolute Gasteiger partial charge is 0.352 e. The Bertz CT molecular complexity index is 256. The van der Waals surface area contributed by atoms with Crippen molar-refractivity contribution < 1.29 is 4.79 Å². The molecule has 1 amide bonds. The number of amides is 1. The molecule has 0 saturated heterocycles. The molecule has 0 heterocycles. The van der Waals surface area contributed by atoms with Gasteiger partial charge >= 0.3 is 0 Å². The van der Waals surface area contributed by atoms with Crippen LogP contribution in [0.15, 0.2) is 24.3 Å². The molecule has 0 fully saturated rings. The number of hydrogen-bond donors (Lipinski definition) is 1. The fourth-order valence-corrected chi connectivity index (χ4v) is 1.02. The number of benzene rings is 1. The number of unbranched alkanes of at least 4 members (excludes halogenated alkanes) is 1. The summed E-state index contributed by atoms with van der Waals surface area (Å²) in [7, 11) is 0. The second-order valence-electron chi connectivity index (χ2n) is 2.90. The smallest absolute Gasteiger partial charge is 0.251 e. The van der Waals surface area contributed by atoms with Crippen molar-refractivity contribution in [3.05, 3.63) is 35.9 Å². The molecule has 0 bridgehead atoms. The molecule has 0 aromatic heterocycles. The van der Waals surface area contributed by atoms with Gasteiger partial charge in [-0.2, -0.15) is 0 Å². The summed E-state index contributed by atoms with van der Waals surface area (Å²) in [6.07, 6.45) is 2.13. The van der Waals surface area contributed by atoms with Crippen LogP contribution < -0.4 is 5.32 Å².